The normalized spacial score (nSPS) is 17.3. The molecule has 0 spiro atoms. The summed E-state index contributed by atoms with van der Waals surface area (Å²) in [6.07, 6.45) is 2.02. The summed E-state index contributed by atoms with van der Waals surface area (Å²) in [5.74, 6) is 0. The van der Waals surface area contributed by atoms with Crippen LogP contribution in [0.5, 0.6) is 0 Å². The van der Waals surface area contributed by atoms with Gasteiger partial charge in [0.15, 0.2) is 0 Å². The highest BCUT2D eigenvalue weighted by Gasteiger charge is 2.30. The van der Waals surface area contributed by atoms with Gasteiger partial charge in [0.2, 0.25) is 0 Å². The lowest BCUT2D eigenvalue weighted by atomic mass is 10.0. The quantitative estimate of drug-likeness (QED) is 0.794. The molecule has 0 bridgehead atoms. The summed E-state index contributed by atoms with van der Waals surface area (Å²) in [5.41, 5.74) is 4.16. The standard InChI is InChI=1S/C19H21ClN2O/c1-13-5-8-15(9-6-13)18-4-3-11-22(18)19(23)21-17-10-7-14(2)12-16(17)20/h5-10,12,18H,3-4,11H2,1-2H3,(H,21,23). The number of halogens is 1. The van der Waals surface area contributed by atoms with Crippen LogP contribution in [0, 0.1) is 13.8 Å². The van der Waals surface area contributed by atoms with Crippen LogP contribution in [-0.4, -0.2) is 17.5 Å². The molecule has 1 atom stereocenters. The van der Waals surface area contributed by atoms with Crippen molar-refractivity contribution in [3.05, 3.63) is 64.2 Å². The molecule has 2 aromatic carbocycles. The number of amides is 2. The van der Waals surface area contributed by atoms with Crippen molar-refractivity contribution in [2.75, 3.05) is 11.9 Å². The van der Waals surface area contributed by atoms with Crippen LogP contribution < -0.4 is 5.32 Å². The third kappa shape index (κ3) is 3.50. The van der Waals surface area contributed by atoms with Crippen molar-refractivity contribution in [3.8, 4) is 0 Å². The summed E-state index contributed by atoms with van der Waals surface area (Å²) in [7, 11) is 0. The SMILES string of the molecule is Cc1ccc(C2CCCN2C(=O)Nc2ccc(C)cc2Cl)cc1. The number of nitrogens with one attached hydrogen (secondary N) is 1. The lowest BCUT2D eigenvalue weighted by Crippen LogP contribution is -2.34. The van der Waals surface area contributed by atoms with E-state index in [4.69, 9.17) is 11.6 Å². The molecule has 1 fully saturated rings. The molecular weight excluding hydrogens is 308 g/mol. The first-order chi connectivity index (χ1) is 11.0. The average Bonchev–Trinajstić information content (AvgIpc) is 3.00. The fraction of sp³-hybridized carbons (Fsp3) is 0.316. The number of hydrogen-bond donors (Lipinski definition) is 1. The van der Waals surface area contributed by atoms with Gasteiger partial charge in [0.25, 0.3) is 0 Å². The molecule has 0 radical (unpaired) electrons. The van der Waals surface area contributed by atoms with E-state index in [-0.39, 0.29) is 12.1 Å². The highest BCUT2D eigenvalue weighted by molar-refractivity contribution is 6.33. The van der Waals surface area contributed by atoms with Crippen LogP contribution in [0.1, 0.15) is 35.6 Å². The third-order valence-electron chi connectivity index (χ3n) is 4.34. The maximum atomic E-state index is 12.7. The molecule has 2 aromatic rings. The summed E-state index contributed by atoms with van der Waals surface area (Å²) in [6.45, 7) is 4.82. The highest BCUT2D eigenvalue weighted by atomic mass is 35.5. The predicted molar refractivity (Wildman–Crippen MR) is 95.1 cm³/mol. The van der Waals surface area contributed by atoms with Crippen molar-refractivity contribution in [1.29, 1.82) is 0 Å². The molecule has 1 saturated heterocycles. The van der Waals surface area contributed by atoms with E-state index in [1.54, 1.807) is 0 Å². The van der Waals surface area contributed by atoms with Crippen LogP contribution in [0.2, 0.25) is 5.02 Å². The van der Waals surface area contributed by atoms with Crippen LogP contribution in [0.4, 0.5) is 10.5 Å². The maximum Gasteiger partial charge on any atom is 0.322 e. The van der Waals surface area contributed by atoms with Gasteiger partial charge in [-0.1, -0.05) is 47.5 Å². The summed E-state index contributed by atoms with van der Waals surface area (Å²) >= 11 is 6.22. The predicted octanol–water partition coefficient (Wildman–Crippen LogP) is 5.33. The van der Waals surface area contributed by atoms with E-state index in [0.29, 0.717) is 10.7 Å². The molecule has 2 amide bonds. The van der Waals surface area contributed by atoms with Gasteiger partial charge in [-0.25, -0.2) is 4.79 Å². The molecule has 1 heterocycles. The van der Waals surface area contributed by atoms with Gasteiger partial charge in [-0.15, -0.1) is 0 Å². The average molecular weight is 329 g/mol. The first-order valence-electron chi connectivity index (χ1n) is 7.95. The number of aryl methyl sites for hydroxylation is 2. The number of likely N-dealkylation sites (tertiary alicyclic amines) is 1. The summed E-state index contributed by atoms with van der Waals surface area (Å²) < 4.78 is 0. The topological polar surface area (TPSA) is 32.3 Å². The molecule has 0 aromatic heterocycles. The minimum absolute atomic E-state index is 0.0844. The Morgan fingerprint density at radius 1 is 1.13 bits per heavy atom. The van der Waals surface area contributed by atoms with Gasteiger partial charge in [0, 0.05) is 6.54 Å². The first-order valence-corrected chi connectivity index (χ1v) is 8.33. The van der Waals surface area contributed by atoms with Gasteiger partial charge in [0.05, 0.1) is 16.8 Å². The number of urea groups is 1. The van der Waals surface area contributed by atoms with Gasteiger partial charge in [-0.2, -0.15) is 0 Å². The van der Waals surface area contributed by atoms with E-state index < -0.39 is 0 Å². The van der Waals surface area contributed by atoms with Gasteiger partial charge in [0.1, 0.15) is 0 Å². The Kier molecular flexibility index (Phi) is 4.58. The number of hydrogen-bond acceptors (Lipinski definition) is 1. The molecule has 0 saturated carbocycles. The zero-order chi connectivity index (χ0) is 16.4. The van der Waals surface area contributed by atoms with Crippen molar-refractivity contribution in [1.82, 2.24) is 4.90 Å². The Balaban J connectivity index is 1.76. The van der Waals surface area contributed by atoms with Gasteiger partial charge < -0.3 is 10.2 Å². The van der Waals surface area contributed by atoms with E-state index in [2.05, 4.69) is 36.5 Å². The molecule has 120 valence electrons. The first kappa shape index (κ1) is 15.9. The second-order valence-electron chi connectivity index (χ2n) is 6.18. The summed E-state index contributed by atoms with van der Waals surface area (Å²) in [4.78, 5) is 14.6. The van der Waals surface area contributed by atoms with Gasteiger partial charge >= 0.3 is 6.03 Å². The highest BCUT2D eigenvalue weighted by Crippen LogP contribution is 2.33. The Morgan fingerprint density at radius 2 is 1.83 bits per heavy atom. The van der Waals surface area contributed by atoms with Crippen molar-refractivity contribution < 1.29 is 4.79 Å². The molecule has 3 nitrogen and oxygen atoms in total. The van der Waals surface area contributed by atoms with Crippen molar-refractivity contribution in [3.63, 3.8) is 0 Å². The Morgan fingerprint density at radius 3 is 2.52 bits per heavy atom. The Labute approximate surface area is 142 Å². The van der Waals surface area contributed by atoms with Crippen LogP contribution >= 0.6 is 11.6 Å². The molecule has 1 N–H and O–H groups in total. The molecule has 1 aliphatic rings. The summed E-state index contributed by atoms with van der Waals surface area (Å²) in [5, 5.41) is 3.52. The van der Waals surface area contributed by atoms with E-state index in [9.17, 15) is 4.79 Å². The van der Waals surface area contributed by atoms with Gasteiger partial charge in [-0.05, 0) is 49.9 Å². The third-order valence-corrected chi connectivity index (χ3v) is 4.65. The van der Waals surface area contributed by atoms with Crippen LogP contribution in [0.15, 0.2) is 42.5 Å². The van der Waals surface area contributed by atoms with E-state index in [1.807, 2.05) is 30.0 Å². The lowest BCUT2D eigenvalue weighted by Gasteiger charge is -2.25. The number of benzene rings is 2. The van der Waals surface area contributed by atoms with E-state index in [0.717, 1.165) is 24.9 Å². The fourth-order valence-electron chi connectivity index (χ4n) is 3.05. The molecule has 23 heavy (non-hydrogen) atoms. The fourth-order valence-corrected chi connectivity index (χ4v) is 3.34. The zero-order valence-corrected chi connectivity index (χ0v) is 14.2. The molecule has 1 unspecified atom stereocenters. The monoisotopic (exact) mass is 328 g/mol. The Hall–Kier alpha value is -2.00. The minimum atomic E-state index is -0.0844. The van der Waals surface area contributed by atoms with E-state index in [1.165, 1.54) is 11.1 Å². The molecule has 0 aliphatic carbocycles. The molecule has 3 rings (SSSR count). The second kappa shape index (κ2) is 6.63. The largest absolute Gasteiger partial charge is 0.322 e. The lowest BCUT2D eigenvalue weighted by molar-refractivity contribution is 0.207. The molecule has 1 aliphatic heterocycles. The zero-order valence-electron chi connectivity index (χ0n) is 13.5. The minimum Gasteiger partial charge on any atom is -0.317 e. The Bertz CT molecular complexity index is 712. The van der Waals surface area contributed by atoms with Crippen molar-refractivity contribution in [2.24, 2.45) is 0 Å². The van der Waals surface area contributed by atoms with Crippen LogP contribution in [0.25, 0.3) is 0 Å². The van der Waals surface area contributed by atoms with Crippen LogP contribution in [-0.2, 0) is 0 Å². The van der Waals surface area contributed by atoms with Crippen molar-refractivity contribution in [2.45, 2.75) is 32.7 Å². The number of rotatable bonds is 2. The smallest absolute Gasteiger partial charge is 0.317 e. The molecular formula is C19H21ClN2O. The molecule has 4 heteroatoms. The number of carbonyl (C=O) groups excluding carboxylic acids is 1. The second-order valence-corrected chi connectivity index (χ2v) is 6.58. The summed E-state index contributed by atoms with van der Waals surface area (Å²) in [6, 6.07) is 14.1. The number of carbonyl (C=O) groups is 1. The maximum absolute atomic E-state index is 12.7. The van der Waals surface area contributed by atoms with Crippen LogP contribution in [0.3, 0.4) is 0 Å². The van der Waals surface area contributed by atoms with Crippen molar-refractivity contribution >= 4 is 23.3 Å². The number of nitrogens with zero attached hydrogens (tertiary/aromatic N) is 1. The van der Waals surface area contributed by atoms with E-state index >= 15 is 0 Å². The van der Waals surface area contributed by atoms with Gasteiger partial charge in [-0.3, -0.25) is 0 Å². The number of anilines is 1.